The van der Waals surface area contributed by atoms with Gasteiger partial charge in [0.1, 0.15) is 0 Å². The lowest BCUT2D eigenvalue weighted by Crippen LogP contribution is -2.21. The fraction of sp³-hybridized carbons (Fsp3) is 0.500. The van der Waals surface area contributed by atoms with Gasteiger partial charge in [0.25, 0.3) is 0 Å². The number of thiazole rings is 1. The van der Waals surface area contributed by atoms with Gasteiger partial charge in [0, 0.05) is 29.2 Å². The molecule has 1 aromatic carbocycles. The number of rotatable bonds is 6. The van der Waals surface area contributed by atoms with Gasteiger partial charge in [-0.2, -0.15) is 0 Å². The molecule has 0 aliphatic rings. The van der Waals surface area contributed by atoms with Crippen molar-refractivity contribution in [3.05, 3.63) is 44.7 Å². The van der Waals surface area contributed by atoms with Crippen LogP contribution in [0.5, 0.6) is 0 Å². The quantitative estimate of drug-likeness (QED) is 0.801. The van der Waals surface area contributed by atoms with Crippen molar-refractivity contribution in [3.8, 4) is 0 Å². The van der Waals surface area contributed by atoms with Crippen LogP contribution in [-0.2, 0) is 19.5 Å². The lowest BCUT2D eigenvalue weighted by Gasteiger charge is -2.13. The molecule has 23 heavy (non-hydrogen) atoms. The van der Waals surface area contributed by atoms with Crippen LogP contribution in [0, 0.1) is 11.8 Å². The Morgan fingerprint density at radius 1 is 1.22 bits per heavy atom. The molecule has 0 radical (unpaired) electrons. The van der Waals surface area contributed by atoms with Crippen LogP contribution in [0.3, 0.4) is 0 Å². The molecule has 0 unspecified atom stereocenters. The maximum atomic E-state index is 6.06. The smallest absolute Gasteiger partial charge is 0.190 e. The number of nitrogens with zero attached hydrogens (tertiary/aromatic N) is 2. The number of hydrogen-bond donors (Lipinski definition) is 1. The minimum atomic E-state index is 0.438. The first-order chi connectivity index (χ1) is 10.9. The lowest BCUT2D eigenvalue weighted by atomic mass is 10.1. The van der Waals surface area contributed by atoms with Crippen molar-refractivity contribution < 1.29 is 0 Å². The summed E-state index contributed by atoms with van der Waals surface area (Å²) in [6.45, 7) is 10.4. The molecule has 0 saturated heterocycles. The van der Waals surface area contributed by atoms with E-state index in [0.29, 0.717) is 23.4 Å². The Labute approximate surface area is 147 Å². The van der Waals surface area contributed by atoms with Gasteiger partial charge in [0.15, 0.2) is 4.80 Å². The highest BCUT2D eigenvalue weighted by Crippen LogP contribution is 2.23. The monoisotopic (exact) mass is 351 g/mol. The summed E-state index contributed by atoms with van der Waals surface area (Å²) >= 11 is 7.76. The molecule has 0 bridgehead atoms. The maximum absolute atomic E-state index is 6.06. The third-order valence-corrected chi connectivity index (χ3v) is 4.67. The molecule has 1 aromatic heterocycles. The largest absolute Gasteiger partial charge is 0.326 e. The first-order valence-corrected chi connectivity index (χ1v) is 9.37. The third-order valence-electron chi connectivity index (χ3n) is 3.52. The molecular formula is C18H26ClN3S. The summed E-state index contributed by atoms with van der Waals surface area (Å²) in [6, 6.07) is 5.72. The fourth-order valence-electron chi connectivity index (χ4n) is 2.52. The van der Waals surface area contributed by atoms with E-state index in [-0.39, 0.29) is 0 Å². The second kappa shape index (κ2) is 8.13. The molecule has 2 aromatic rings. The molecule has 2 rings (SSSR count). The van der Waals surface area contributed by atoms with Crippen molar-refractivity contribution in [3.63, 3.8) is 0 Å². The van der Waals surface area contributed by atoms with Crippen LogP contribution >= 0.6 is 22.9 Å². The number of nitrogens with two attached hydrogens (primary N) is 1. The minimum Gasteiger partial charge on any atom is -0.326 e. The van der Waals surface area contributed by atoms with E-state index in [1.54, 1.807) is 11.3 Å². The van der Waals surface area contributed by atoms with Gasteiger partial charge in [-0.15, -0.1) is 11.3 Å². The van der Waals surface area contributed by atoms with Crippen molar-refractivity contribution >= 4 is 28.6 Å². The average Bonchev–Trinajstić information content (AvgIpc) is 2.82. The Hall–Kier alpha value is -1.10. The fourth-order valence-corrected chi connectivity index (χ4v) is 3.65. The molecule has 0 aliphatic carbocycles. The molecule has 2 N–H and O–H groups in total. The van der Waals surface area contributed by atoms with Crippen LogP contribution in [0.15, 0.2) is 28.6 Å². The van der Waals surface area contributed by atoms with Gasteiger partial charge in [-0.1, -0.05) is 39.3 Å². The van der Waals surface area contributed by atoms with Gasteiger partial charge in [0.05, 0.1) is 5.69 Å². The van der Waals surface area contributed by atoms with Gasteiger partial charge in [0.2, 0.25) is 0 Å². The van der Waals surface area contributed by atoms with E-state index in [0.717, 1.165) is 29.0 Å². The first kappa shape index (κ1) is 18.2. The van der Waals surface area contributed by atoms with E-state index in [4.69, 9.17) is 22.3 Å². The van der Waals surface area contributed by atoms with Crippen LogP contribution < -0.4 is 10.5 Å². The molecule has 0 saturated carbocycles. The SMILES string of the molecule is CC(C)Cc1csc(=Nc2ccc(Cl)cc2CN)n1CC(C)C. The van der Waals surface area contributed by atoms with Gasteiger partial charge >= 0.3 is 0 Å². The molecule has 0 fully saturated rings. The summed E-state index contributed by atoms with van der Waals surface area (Å²) in [5.41, 5.74) is 9.09. The summed E-state index contributed by atoms with van der Waals surface area (Å²) in [6.07, 6.45) is 1.07. The average molecular weight is 352 g/mol. The molecule has 0 amide bonds. The van der Waals surface area contributed by atoms with Crippen molar-refractivity contribution in [1.29, 1.82) is 0 Å². The van der Waals surface area contributed by atoms with E-state index < -0.39 is 0 Å². The Bertz CT molecular complexity index is 713. The molecular weight excluding hydrogens is 326 g/mol. The van der Waals surface area contributed by atoms with E-state index >= 15 is 0 Å². The van der Waals surface area contributed by atoms with Crippen LogP contribution in [0.2, 0.25) is 5.02 Å². The van der Waals surface area contributed by atoms with Crippen LogP contribution in [0.1, 0.15) is 39.0 Å². The number of halogens is 1. The maximum Gasteiger partial charge on any atom is 0.190 e. The molecule has 0 atom stereocenters. The standard InChI is InChI=1S/C18H26ClN3S/c1-12(2)7-16-11-23-18(22(16)10-13(3)4)21-17-6-5-15(19)8-14(17)9-20/h5-6,8,11-13H,7,9-10,20H2,1-4H3. The van der Waals surface area contributed by atoms with E-state index in [1.807, 2.05) is 18.2 Å². The van der Waals surface area contributed by atoms with E-state index in [1.165, 1.54) is 5.69 Å². The molecule has 0 aliphatic heterocycles. The Morgan fingerprint density at radius 2 is 1.96 bits per heavy atom. The second-order valence-electron chi connectivity index (χ2n) is 6.70. The molecule has 126 valence electrons. The molecule has 5 heteroatoms. The summed E-state index contributed by atoms with van der Waals surface area (Å²) < 4.78 is 2.35. The molecule has 1 heterocycles. The predicted molar refractivity (Wildman–Crippen MR) is 100 cm³/mol. The van der Waals surface area contributed by atoms with E-state index in [2.05, 4.69) is 37.6 Å². The summed E-state index contributed by atoms with van der Waals surface area (Å²) in [5, 5.41) is 2.94. The summed E-state index contributed by atoms with van der Waals surface area (Å²) in [5.74, 6) is 1.21. The first-order valence-electron chi connectivity index (χ1n) is 8.11. The van der Waals surface area contributed by atoms with E-state index in [9.17, 15) is 0 Å². The van der Waals surface area contributed by atoms with Crippen LogP contribution in [0.4, 0.5) is 5.69 Å². The summed E-state index contributed by atoms with van der Waals surface area (Å²) in [7, 11) is 0. The molecule has 0 spiro atoms. The zero-order valence-electron chi connectivity index (χ0n) is 14.3. The zero-order chi connectivity index (χ0) is 17.0. The lowest BCUT2D eigenvalue weighted by molar-refractivity contribution is 0.486. The highest BCUT2D eigenvalue weighted by Gasteiger charge is 2.10. The number of benzene rings is 1. The normalized spacial score (nSPS) is 12.6. The van der Waals surface area contributed by atoms with Crippen LogP contribution in [-0.4, -0.2) is 4.57 Å². The minimum absolute atomic E-state index is 0.438. The third kappa shape index (κ3) is 4.93. The zero-order valence-corrected chi connectivity index (χ0v) is 15.9. The van der Waals surface area contributed by atoms with Crippen molar-refractivity contribution in [2.75, 3.05) is 0 Å². The predicted octanol–water partition coefficient (Wildman–Crippen LogP) is 4.75. The van der Waals surface area contributed by atoms with Gasteiger partial charge < -0.3 is 10.3 Å². The van der Waals surface area contributed by atoms with Gasteiger partial charge in [-0.25, -0.2) is 4.99 Å². The molecule has 3 nitrogen and oxygen atoms in total. The van der Waals surface area contributed by atoms with Crippen molar-refractivity contribution in [2.24, 2.45) is 22.6 Å². The van der Waals surface area contributed by atoms with Crippen molar-refractivity contribution in [1.82, 2.24) is 4.57 Å². The Kier molecular flexibility index (Phi) is 6.45. The van der Waals surface area contributed by atoms with Crippen molar-refractivity contribution in [2.45, 2.75) is 47.2 Å². The number of hydrogen-bond acceptors (Lipinski definition) is 3. The van der Waals surface area contributed by atoms with Gasteiger partial charge in [-0.3, -0.25) is 0 Å². The van der Waals surface area contributed by atoms with Crippen LogP contribution in [0.25, 0.3) is 0 Å². The number of aromatic nitrogens is 1. The highest BCUT2D eigenvalue weighted by molar-refractivity contribution is 7.07. The second-order valence-corrected chi connectivity index (χ2v) is 7.97. The highest BCUT2D eigenvalue weighted by atomic mass is 35.5. The Balaban J connectivity index is 2.51. The van der Waals surface area contributed by atoms with Gasteiger partial charge in [-0.05, 0) is 42.0 Å². The topological polar surface area (TPSA) is 43.3 Å². The Morgan fingerprint density at radius 3 is 2.57 bits per heavy atom. The summed E-state index contributed by atoms with van der Waals surface area (Å²) in [4.78, 5) is 5.91.